The standard InChI is InChI=1S/C17H18N2O4/c1-10(2)13-6-11(3)7-14(8-13)23-16-5-4-12(17(18)20)9-15(16)19(21)22/h4-10H,1-3H3,(H2,18,20). The second-order valence-electron chi connectivity index (χ2n) is 5.64. The number of carbonyl (C=O) groups excluding carboxylic acids is 1. The number of benzene rings is 2. The van der Waals surface area contributed by atoms with Crippen LogP contribution in [0.3, 0.4) is 0 Å². The number of hydrogen-bond donors (Lipinski definition) is 1. The number of primary amides is 1. The lowest BCUT2D eigenvalue weighted by Gasteiger charge is -2.12. The van der Waals surface area contributed by atoms with Gasteiger partial charge in [-0.1, -0.05) is 19.9 Å². The number of amides is 1. The Labute approximate surface area is 134 Å². The van der Waals surface area contributed by atoms with Crippen molar-refractivity contribution in [2.75, 3.05) is 0 Å². The normalized spacial score (nSPS) is 10.6. The van der Waals surface area contributed by atoms with Crippen molar-refractivity contribution in [3.8, 4) is 11.5 Å². The summed E-state index contributed by atoms with van der Waals surface area (Å²) in [6.45, 7) is 6.05. The summed E-state index contributed by atoms with van der Waals surface area (Å²) >= 11 is 0. The van der Waals surface area contributed by atoms with E-state index in [1.54, 1.807) is 6.07 Å². The van der Waals surface area contributed by atoms with Gasteiger partial charge in [0.15, 0.2) is 0 Å². The number of hydrogen-bond acceptors (Lipinski definition) is 4. The Bertz CT molecular complexity index is 769. The van der Waals surface area contributed by atoms with Gasteiger partial charge < -0.3 is 10.5 Å². The van der Waals surface area contributed by atoms with Crippen molar-refractivity contribution in [2.45, 2.75) is 26.7 Å². The van der Waals surface area contributed by atoms with Crippen LogP contribution in [0.5, 0.6) is 11.5 Å². The monoisotopic (exact) mass is 314 g/mol. The Morgan fingerprint density at radius 3 is 2.48 bits per heavy atom. The van der Waals surface area contributed by atoms with Gasteiger partial charge in [-0.15, -0.1) is 0 Å². The predicted octanol–water partition coefficient (Wildman–Crippen LogP) is 3.92. The van der Waals surface area contributed by atoms with Crippen LogP contribution in [-0.4, -0.2) is 10.8 Å². The van der Waals surface area contributed by atoms with E-state index >= 15 is 0 Å². The zero-order chi connectivity index (χ0) is 17.1. The Kier molecular flexibility index (Phi) is 4.64. The lowest BCUT2D eigenvalue weighted by molar-refractivity contribution is -0.385. The van der Waals surface area contributed by atoms with Crippen LogP contribution in [0.15, 0.2) is 36.4 Å². The molecule has 120 valence electrons. The lowest BCUT2D eigenvalue weighted by Crippen LogP contribution is -2.11. The van der Waals surface area contributed by atoms with Gasteiger partial charge in [0, 0.05) is 11.6 Å². The highest BCUT2D eigenvalue weighted by Gasteiger charge is 2.19. The molecule has 0 unspecified atom stereocenters. The average molecular weight is 314 g/mol. The van der Waals surface area contributed by atoms with Crippen LogP contribution in [0, 0.1) is 17.0 Å². The first-order chi connectivity index (χ1) is 10.8. The average Bonchev–Trinajstić information content (AvgIpc) is 2.46. The number of nitrogens with two attached hydrogens (primary N) is 1. The molecule has 2 aromatic rings. The molecule has 0 heterocycles. The maximum Gasteiger partial charge on any atom is 0.312 e. The summed E-state index contributed by atoms with van der Waals surface area (Å²) in [5, 5.41) is 11.2. The van der Waals surface area contributed by atoms with Crippen LogP contribution >= 0.6 is 0 Å². The van der Waals surface area contributed by atoms with E-state index in [-0.39, 0.29) is 17.0 Å². The molecule has 6 nitrogen and oxygen atoms in total. The Balaban J connectivity index is 2.44. The third-order valence-corrected chi connectivity index (χ3v) is 3.41. The maximum absolute atomic E-state index is 11.2. The number of nitro groups is 1. The van der Waals surface area contributed by atoms with E-state index in [0.717, 1.165) is 17.2 Å². The third kappa shape index (κ3) is 3.85. The SMILES string of the molecule is Cc1cc(Oc2ccc(C(N)=O)cc2[N+](=O)[O-])cc(C(C)C)c1. The van der Waals surface area contributed by atoms with Crippen LogP contribution in [0.1, 0.15) is 41.3 Å². The smallest absolute Gasteiger partial charge is 0.312 e. The van der Waals surface area contributed by atoms with Crippen LogP contribution in [0.4, 0.5) is 5.69 Å². The van der Waals surface area contributed by atoms with Gasteiger partial charge in [-0.2, -0.15) is 0 Å². The quantitative estimate of drug-likeness (QED) is 0.668. The fraction of sp³-hybridized carbons (Fsp3) is 0.235. The first-order valence-corrected chi connectivity index (χ1v) is 7.15. The molecule has 0 saturated heterocycles. The number of carbonyl (C=O) groups is 1. The molecule has 0 fully saturated rings. The van der Waals surface area contributed by atoms with Gasteiger partial charge >= 0.3 is 5.69 Å². The molecule has 0 bridgehead atoms. The van der Waals surface area contributed by atoms with E-state index in [2.05, 4.69) is 13.8 Å². The fourth-order valence-corrected chi connectivity index (χ4v) is 2.20. The largest absolute Gasteiger partial charge is 0.450 e. The zero-order valence-electron chi connectivity index (χ0n) is 13.2. The molecule has 2 N–H and O–H groups in total. The Morgan fingerprint density at radius 1 is 1.22 bits per heavy atom. The Hall–Kier alpha value is -2.89. The summed E-state index contributed by atoms with van der Waals surface area (Å²) in [4.78, 5) is 21.8. The zero-order valence-corrected chi connectivity index (χ0v) is 13.2. The highest BCUT2D eigenvalue weighted by Crippen LogP contribution is 2.33. The first kappa shape index (κ1) is 16.5. The minimum Gasteiger partial charge on any atom is -0.450 e. The van der Waals surface area contributed by atoms with Gasteiger partial charge in [0.05, 0.1) is 4.92 Å². The molecule has 0 radical (unpaired) electrons. The summed E-state index contributed by atoms with van der Waals surface area (Å²) in [5.74, 6) is 0.172. The summed E-state index contributed by atoms with van der Waals surface area (Å²) in [5.41, 5.74) is 7.01. The number of aryl methyl sites for hydroxylation is 1. The summed E-state index contributed by atoms with van der Waals surface area (Å²) < 4.78 is 5.68. The summed E-state index contributed by atoms with van der Waals surface area (Å²) in [7, 11) is 0. The van der Waals surface area contributed by atoms with Crippen LogP contribution in [0.25, 0.3) is 0 Å². The molecule has 23 heavy (non-hydrogen) atoms. The summed E-state index contributed by atoms with van der Waals surface area (Å²) in [6.07, 6.45) is 0. The van der Waals surface area contributed by atoms with E-state index in [9.17, 15) is 14.9 Å². The fourth-order valence-electron chi connectivity index (χ4n) is 2.20. The van der Waals surface area contributed by atoms with E-state index < -0.39 is 10.8 Å². The first-order valence-electron chi connectivity index (χ1n) is 7.15. The minimum atomic E-state index is -0.725. The van der Waals surface area contributed by atoms with Crippen molar-refractivity contribution in [2.24, 2.45) is 5.73 Å². The van der Waals surface area contributed by atoms with Crippen molar-refractivity contribution < 1.29 is 14.5 Å². The highest BCUT2D eigenvalue weighted by molar-refractivity contribution is 5.93. The van der Waals surface area contributed by atoms with Gasteiger partial charge in [-0.25, -0.2) is 0 Å². The van der Waals surface area contributed by atoms with Crippen molar-refractivity contribution >= 4 is 11.6 Å². The molecule has 0 aromatic heterocycles. The Morgan fingerprint density at radius 2 is 1.91 bits per heavy atom. The highest BCUT2D eigenvalue weighted by atomic mass is 16.6. The number of ether oxygens (including phenoxy) is 1. The second-order valence-corrected chi connectivity index (χ2v) is 5.64. The number of nitrogens with zero attached hydrogens (tertiary/aromatic N) is 1. The molecule has 2 aromatic carbocycles. The molecule has 0 saturated carbocycles. The molecule has 0 aliphatic rings. The molecule has 6 heteroatoms. The molecule has 2 rings (SSSR count). The van der Waals surface area contributed by atoms with Crippen molar-refractivity contribution in [3.05, 3.63) is 63.2 Å². The topological polar surface area (TPSA) is 95.5 Å². The van der Waals surface area contributed by atoms with Gasteiger partial charge in [-0.3, -0.25) is 14.9 Å². The van der Waals surface area contributed by atoms with Crippen LogP contribution in [0.2, 0.25) is 0 Å². The molecule has 1 amide bonds. The van der Waals surface area contributed by atoms with E-state index in [1.165, 1.54) is 12.1 Å². The molecular weight excluding hydrogens is 296 g/mol. The van der Waals surface area contributed by atoms with E-state index in [0.29, 0.717) is 11.7 Å². The van der Waals surface area contributed by atoms with Gasteiger partial charge in [0.2, 0.25) is 11.7 Å². The molecule has 0 spiro atoms. The van der Waals surface area contributed by atoms with E-state index in [4.69, 9.17) is 10.5 Å². The molecular formula is C17H18N2O4. The van der Waals surface area contributed by atoms with Crippen molar-refractivity contribution in [1.29, 1.82) is 0 Å². The van der Waals surface area contributed by atoms with Gasteiger partial charge in [0.25, 0.3) is 0 Å². The number of nitro benzene ring substituents is 1. The molecule has 0 aliphatic carbocycles. The van der Waals surface area contributed by atoms with Gasteiger partial charge in [0.1, 0.15) is 5.75 Å². The lowest BCUT2D eigenvalue weighted by atomic mass is 10.0. The molecule has 0 atom stereocenters. The summed E-state index contributed by atoms with van der Waals surface area (Å²) in [6, 6.07) is 9.61. The second kappa shape index (κ2) is 6.48. The van der Waals surface area contributed by atoms with Crippen molar-refractivity contribution in [1.82, 2.24) is 0 Å². The predicted molar refractivity (Wildman–Crippen MR) is 87.0 cm³/mol. The van der Waals surface area contributed by atoms with E-state index in [1.807, 2.05) is 19.1 Å². The van der Waals surface area contributed by atoms with Crippen molar-refractivity contribution in [3.63, 3.8) is 0 Å². The number of rotatable bonds is 5. The van der Waals surface area contributed by atoms with Gasteiger partial charge in [-0.05, 0) is 48.2 Å². The molecule has 0 aliphatic heterocycles. The van der Waals surface area contributed by atoms with Crippen LogP contribution < -0.4 is 10.5 Å². The van der Waals surface area contributed by atoms with Crippen LogP contribution in [-0.2, 0) is 0 Å². The third-order valence-electron chi connectivity index (χ3n) is 3.41. The minimum absolute atomic E-state index is 0.0659. The maximum atomic E-state index is 11.2.